The van der Waals surface area contributed by atoms with Crippen molar-refractivity contribution in [3.8, 4) is 11.3 Å². The maximum Gasteiger partial charge on any atom is 0.323 e. The van der Waals surface area contributed by atoms with Crippen LogP contribution in [0, 0.1) is 0 Å². The van der Waals surface area contributed by atoms with E-state index in [-0.39, 0.29) is 5.69 Å². The molecule has 3 rings (SSSR count). The van der Waals surface area contributed by atoms with Crippen LogP contribution in [-0.2, 0) is 11.3 Å². The predicted molar refractivity (Wildman–Crippen MR) is 96.0 cm³/mol. The second-order valence-corrected chi connectivity index (χ2v) is 5.51. The number of hydrogen-bond acceptors (Lipinski definition) is 4. The summed E-state index contributed by atoms with van der Waals surface area (Å²) in [5.74, 6) is -1.60. The van der Waals surface area contributed by atoms with Crippen LogP contribution in [-0.4, -0.2) is 26.5 Å². The summed E-state index contributed by atoms with van der Waals surface area (Å²) >= 11 is 0. The van der Waals surface area contributed by atoms with Crippen LogP contribution in [0.2, 0.25) is 0 Å². The largest absolute Gasteiger partial charge is 0.480 e. The molecule has 0 aliphatic rings. The van der Waals surface area contributed by atoms with Gasteiger partial charge in [-0.05, 0) is 18.2 Å². The van der Waals surface area contributed by atoms with E-state index >= 15 is 0 Å². The molecule has 7 heteroatoms. The number of rotatable bonds is 5. The van der Waals surface area contributed by atoms with E-state index in [9.17, 15) is 14.4 Å². The molecule has 0 fully saturated rings. The van der Waals surface area contributed by atoms with Gasteiger partial charge in [-0.15, -0.1) is 0 Å². The number of carbonyl (C=O) groups excluding carboxylic acids is 1. The van der Waals surface area contributed by atoms with Gasteiger partial charge in [-0.25, -0.2) is 4.98 Å². The topological polar surface area (TPSA) is 101 Å². The smallest absolute Gasteiger partial charge is 0.323 e. The van der Waals surface area contributed by atoms with Gasteiger partial charge in [0.15, 0.2) is 0 Å². The number of carboxylic acid groups (broad SMARTS) is 1. The molecular formula is C19H15N3O4. The van der Waals surface area contributed by atoms with Crippen molar-refractivity contribution in [3.63, 3.8) is 0 Å². The van der Waals surface area contributed by atoms with Gasteiger partial charge < -0.3 is 15.0 Å². The molecule has 2 aromatic heterocycles. The Morgan fingerprint density at radius 2 is 1.77 bits per heavy atom. The lowest BCUT2D eigenvalue weighted by Crippen LogP contribution is -2.24. The summed E-state index contributed by atoms with van der Waals surface area (Å²) in [5.41, 5.74) is 1.60. The first-order valence-corrected chi connectivity index (χ1v) is 7.79. The summed E-state index contributed by atoms with van der Waals surface area (Å²) in [4.78, 5) is 39.2. The molecule has 0 saturated heterocycles. The highest BCUT2D eigenvalue weighted by Gasteiger charge is 2.11. The highest BCUT2D eigenvalue weighted by atomic mass is 16.4. The Morgan fingerprint density at radius 1 is 1.00 bits per heavy atom. The van der Waals surface area contributed by atoms with Crippen LogP contribution in [0.5, 0.6) is 0 Å². The normalized spacial score (nSPS) is 10.3. The van der Waals surface area contributed by atoms with Crippen molar-refractivity contribution in [2.75, 3.05) is 5.32 Å². The number of pyridine rings is 2. The average molecular weight is 349 g/mol. The molecule has 0 aliphatic heterocycles. The molecule has 2 N–H and O–H groups in total. The zero-order valence-electron chi connectivity index (χ0n) is 13.6. The van der Waals surface area contributed by atoms with Crippen LogP contribution >= 0.6 is 0 Å². The third kappa shape index (κ3) is 4.02. The second-order valence-electron chi connectivity index (χ2n) is 5.51. The van der Waals surface area contributed by atoms with Crippen molar-refractivity contribution in [3.05, 3.63) is 82.9 Å². The Bertz CT molecular complexity index is 1010. The zero-order valence-corrected chi connectivity index (χ0v) is 13.6. The predicted octanol–water partition coefficient (Wildman–Crippen LogP) is 2.25. The van der Waals surface area contributed by atoms with Crippen molar-refractivity contribution in [2.45, 2.75) is 6.54 Å². The lowest BCUT2D eigenvalue weighted by molar-refractivity contribution is -0.137. The number of anilines is 1. The van der Waals surface area contributed by atoms with E-state index in [2.05, 4.69) is 10.3 Å². The van der Waals surface area contributed by atoms with Gasteiger partial charge >= 0.3 is 5.97 Å². The number of nitrogens with zero attached hydrogens (tertiary/aromatic N) is 2. The van der Waals surface area contributed by atoms with Gasteiger partial charge in [0.25, 0.3) is 11.5 Å². The Balaban J connectivity index is 1.83. The molecule has 0 spiro atoms. The molecule has 0 saturated carbocycles. The lowest BCUT2D eigenvalue weighted by Gasteiger charge is -2.08. The molecule has 0 atom stereocenters. The SMILES string of the molecule is O=C(O)Cn1cc(NC(=O)c2cccc(-c3ccccc3)n2)ccc1=O. The van der Waals surface area contributed by atoms with Gasteiger partial charge in [0.2, 0.25) is 0 Å². The number of carbonyl (C=O) groups is 2. The minimum absolute atomic E-state index is 0.210. The molecule has 130 valence electrons. The standard InChI is InChI=1S/C19H15N3O4/c23-17-10-9-14(11-22(17)12-18(24)25)20-19(26)16-8-4-7-15(21-16)13-5-2-1-3-6-13/h1-11H,12H2,(H,20,26)(H,24,25). The molecule has 7 nitrogen and oxygen atoms in total. The lowest BCUT2D eigenvalue weighted by atomic mass is 10.1. The molecule has 0 radical (unpaired) electrons. The van der Waals surface area contributed by atoms with E-state index < -0.39 is 24.0 Å². The van der Waals surface area contributed by atoms with Crippen LogP contribution < -0.4 is 10.9 Å². The summed E-state index contributed by atoms with van der Waals surface area (Å²) in [5, 5.41) is 11.4. The Hall–Kier alpha value is -3.74. The molecule has 26 heavy (non-hydrogen) atoms. The van der Waals surface area contributed by atoms with Gasteiger partial charge in [-0.1, -0.05) is 36.4 Å². The third-order valence-corrected chi connectivity index (χ3v) is 3.60. The van der Waals surface area contributed by atoms with Crippen molar-refractivity contribution in [1.82, 2.24) is 9.55 Å². The molecule has 2 heterocycles. The van der Waals surface area contributed by atoms with Gasteiger partial charge in [0.1, 0.15) is 12.2 Å². The van der Waals surface area contributed by atoms with Crippen LogP contribution in [0.4, 0.5) is 5.69 Å². The van der Waals surface area contributed by atoms with Gasteiger partial charge in [0.05, 0.1) is 11.4 Å². The summed E-state index contributed by atoms with van der Waals surface area (Å²) in [7, 11) is 0. The number of aliphatic carboxylic acids is 1. The Morgan fingerprint density at radius 3 is 2.50 bits per heavy atom. The van der Waals surface area contributed by atoms with Gasteiger partial charge in [0, 0.05) is 17.8 Å². The molecule has 0 unspecified atom stereocenters. The summed E-state index contributed by atoms with van der Waals surface area (Å²) < 4.78 is 1.01. The maximum absolute atomic E-state index is 12.4. The summed E-state index contributed by atoms with van der Waals surface area (Å²) in [6.07, 6.45) is 1.29. The van der Waals surface area contributed by atoms with Gasteiger partial charge in [-0.2, -0.15) is 0 Å². The minimum Gasteiger partial charge on any atom is -0.480 e. The van der Waals surface area contributed by atoms with Crippen LogP contribution in [0.25, 0.3) is 11.3 Å². The van der Waals surface area contributed by atoms with E-state index in [1.807, 2.05) is 30.3 Å². The van der Waals surface area contributed by atoms with Gasteiger partial charge in [-0.3, -0.25) is 14.4 Å². The number of amides is 1. The molecule has 0 bridgehead atoms. The van der Waals surface area contributed by atoms with Crippen LogP contribution in [0.15, 0.2) is 71.7 Å². The molecular weight excluding hydrogens is 334 g/mol. The summed E-state index contributed by atoms with van der Waals surface area (Å²) in [6, 6.07) is 17.2. The zero-order chi connectivity index (χ0) is 18.5. The Kier molecular flexibility index (Phi) is 4.89. The fraction of sp³-hybridized carbons (Fsp3) is 0.0526. The Labute approximate surface area is 148 Å². The maximum atomic E-state index is 12.4. The second kappa shape index (κ2) is 7.43. The fourth-order valence-corrected chi connectivity index (χ4v) is 2.40. The van der Waals surface area contributed by atoms with E-state index in [0.29, 0.717) is 11.4 Å². The number of nitrogens with one attached hydrogen (secondary N) is 1. The quantitative estimate of drug-likeness (QED) is 0.736. The van der Waals surface area contributed by atoms with Crippen LogP contribution in [0.1, 0.15) is 10.5 Å². The third-order valence-electron chi connectivity index (χ3n) is 3.60. The van der Waals surface area contributed by atoms with E-state index in [1.54, 1.807) is 18.2 Å². The number of aromatic nitrogens is 2. The first kappa shape index (κ1) is 17.1. The molecule has 0 aliphatic carbocycles. The highest BCUT2D eigenvalue weighted by Crippen LogP contribution is 2.17. The highest BCUT2D eigenvalue weighted by molar-refractivity contribution is 6.03. The van der Waals surface area contributed by atoms with E-state index in [4.69, 9.17) is 5.11 Å². The number of hydrogen-bond donors (Lipinski definition) is 2. The first-order chi connectivity index (χ1) is 12.5. The van der Waals surface area contributed by atoms with Crippen LogP contribution in [0.3, 0.4) is 0 Å². The molecule has 1 aromatic carbocycles. The number of carboxylic acids is 1. The monoisotopic (exact) mass is 349 g/mol. The van der Waals surface area contributed by atoms with Crippen molar-refractivity contribution < 1.29 is 14.7 Å². The minimum atomic E-state index is -1.15. The number of benzene rings is 1. The first-order valence-electron chi connectivity index (χ1n) is 7.79. The molecule has 3 aromatic rings. The van der Waals surface area contributed by atoms with E-state index in [0.717, 1.165) is 10.1 Å². The van der Waals surface area contributed by atoms with Crippen molar-refractivity contribution >= 4 is 17.6 Å². The fourth-order valence-electron chi connectivity index (χ4n) is 2.40. The summed E-state index contributed by atoms with van der Waals surface area (Å²) in [6.45, 7) is -0.482. The molecule has 1 amide bonds. The van der Waals surface area contributed by atoms with Crippen molar-refractivity contribution in [1.29, 1.82) is 0 Å². The van der Waals surface area contributed by atoms with Crippen molar-refractivity contribution in [2.24, 2.45) is 0 Å². The average Bonchev–Trinajstić information content (AvgIpc) is 2.65. The van der Waals surface area contributed by atoms with E-state index in [1.165, 1.54) is 18.3 Å².